The zero-order valence-corrected chi connectivity index (χ0v) is 21.0. The number of hydrogen-bond donors (Lipinski definition) is 0. The van der Waals surface area contributed by atoms with E-state index in [0.717, 1.165) is 28.7 Å². The lowest BCUT2D eigenvalue weighted by atomic mass is 10.1. The van der Waals surface area contributed by atoms with Gasteiger partial charge in [-0.1, -0.05) is 24.3 Å². The predicted octanol–water partition coefficient (Wildman–Crippen LogP) is 5.37. The number of aromatic nitrogens is 8. The van der Waals surface area contributed by atoms with Gasteiger partial charge < -0.3 is 9.30 Å². The lowest BCUT2D eigenvalue weighted by molar-refractivity contribution is -0.140. The van der Waals surface area contributed by atoms with E-state index in [4.69, 9.17) is 9.72 Å². The maximum Gasteiger partial charge on any atom is 0.434 e. The summed E-state index contributed by atoms with van der Waals surface area (Å²) in [7, 11) is 1.53. The van der Waals surface area contributed by atoms with Crippen LogP contribution in [-0.2, 0) is 19.3 Å². The average molecular weight is 556 g/mol. The first kappa shape index (κ1) is 25.8. The molecule has 6 rings (SSSR count). The highest BCUT2D eigenvalue weighted by atomic mass is 19.4. The molecular formula is C26H21F5N8O. The topological polar surface area (TPSA) is 96.4 Å². The van der Waals surface area contributed by atoms with Gasteiger partial charge in [0.1, 0.15) is 17.7 Å². The minimum Gasteiger partial charge on any atom is -0.480 e. The molecule has 0 aliphatic heterocycles. The Hall–Kier alpha value is -4.49. The van der Waals surface area contributed by atoms with E-state index in [1.165, 1.54) is 13.4 Å². The van der Waals surface area contributed by atoms with Crippen LogP contribution in [0.1, 0.15) is 35.7 Å². The molecule has 9 nitrogen and oxygen atoms in total. The molecule has 1 aromatic carbocycles. The van der Waals surface area contributed by atoms with Crippen LogP contribution in [0, 0.1) is 0 Å². The molecule has 14 heteroatoms. The van der Waals surface area contributed by atoms with Gasteiger partial charge in [0.05, 0.1) is 37.5 Å². The molecule has 0 spiro atoms. The fourth-order valence-electron chi connectivity index (χ4n) is 4.52. The summed E-state index contributed by atoms with van der Waals surface area (Å²) in [5.41, 5.74) is 1.85. The van der Waals surface area contributed by atoms with Crippen molar-refractivity contribution in [3.8, 4) is 28.7 Å². The van der Waals surface area contributed by atoms with Gasteiger partial charge in [-0.25, -0.2) is 38.4 Å². The maximum absolute atomic E-state index is 13.2. The SMILES string of the molecule is COc1ncnc(C2CC2)c1-c1ncc2cnn(Cc3ccc(-c4nc(C(F)(F)F)cn4CC(F)F)cc3)c2n1. The van der Waals surface area contributed by atoms with Crippen LogP contribution in [-0.4, -0.2) is 52.8 Å². The number of methoxy groups -OCH3 is 1. The summed E-state index contributed by atoms with van der Waals surface area (Å²) in [4.78, 5) is 21.5. The van der Waals surface area contributed by atoms with Crippen molar-refractivity contribution in [1.29, 1.82) is 0 Å². The Morgan fingerprint density at radius 1 is 1.02 bits per heavy atom. The Kier molecular flexibility index (Phi) is 6.39. The lowest BCUT2D eigenvalue weighted by Gasteiger charge is -2.11. The second-order valence-corrected chi connectivity index (χ2v) is 9.38. The van der Waals surface area contributed by atoms with E-state index in [1.807, 2.05) is 0 Å². The number of rotatable bonds is 8. The minimum atomic E-state index is -4.75. The fourth-order valence-corrected chi connectivity index (χ4v) is 4.52. The zero-order valence-electron chi connectivity index (χ0n) is 21.0. The molecule has 0 saturated heterocycles. The Labute approximate surface area is 223 Å². The summed E-state index contributed by atoms with van der Waals surface area (Å²) in [5.74, 6) is 0.914. The van der Waals surface area contributed by atoms with Crippen molar-refractivity contribution >= 4 is 11.0 Å². The first-order valence-electron chi connectivity index (χ1n) is 12.3. The summed E-state index contributed by atoms with van der Waals surface area (Å²) in [6.07, 6.45) is -0.194. The second kappa shape index (κ2) is 9.92. The van der Waals surface area contributed by atoms with Crippen molar-refractivity contribution in [2.45, 2.75) is 44.5 Å². The molecule has 40 heavy (non-hydrogen) atoms. The van der Waals surface area contributed by atoms with E-state index in [9.17, 15) is 22.0 Å². The summed E-state index contributed by atoms with van der Waals surface area (Å²) in [5, 5.41) is 5.13. The predicted molar refractivity (Wildman–Crippen MR) is 133 cm³/mol. The molecule has 0 radical (unpaired) electrons. The highest BCUT2D eigenvalue weighted by Crippen LogP contribution is 2.44. The van der Waals surface area contributed by atoms with Crippen molar-refractivity contribution in [2.75, 3.05) is 7.11 Å². The van der Waals surface area contributed by atoms with Gasteiger partial charge in [0.2, 0.25) is 5.88 Å². The van der Waals surface area contributed by atoms with Gasteiger partial charge in [0.25, 0.3) is 6.43 Å². The third-order valence-electron chi connectivity index (χ3n) is 6.55. The summed E-state index contributed by atoms with van der Waals surface area (Å²) < 4.78 is 73.5. The standard InChI is InChI=1S/C26H21F5N8O/c1-40-25-20(21(15-6-7-15)33-13-34-25)22-32-8-17-9-35-39(24(17)37-22)10-14-2-4-16(5-3-14)23-36-18(26(29,30)31)11-38(23)12-19(27)28/h2-5,8-9,11,13,15,19H,6-7,10,12H2,1H3. The first-order valence-corrected chi connectivity index (χ1v) is 12.3. The summed E-state index contributed by atoms with van der Waals surface area (Å²) in [6, 6.07) is 6.44. The van der Waals surface area contributed by atoms with Crippen LogP contribution in [0.3, 0.4) is 0 Å². The van der Waals surface area contributed by atoms with E-state index in [1.54, 1.807) is 41.3 Å². The van der Waals surface area contributed by atoms with Gasteiger partial charge in [-0.15, -0.1) is 0 Å². The van der Waals surface area contributed by atoms with Crippen molar-refractivity contribution in [1.82, 2.24) is 39.3 Å². The Bertz CT molecular complexity index is 1680. The molecule has 1 aliphatic rings. The molecular weight excluding hydrogens is 535 g/mol. The third-order valence-corrected chi connectivity index (χ3v) is 6.55. The molecule has 1 saturated carbocycles. The summed E-state index contributed by atoms with van der Waals surface area (Å²) in [6.45, 7) is -0.613. The molecule has 4 heterocycles. The van der Waals surface area contributed by atoms with Crippen molar-refractivity contribution in [3.63, 3.8) is 0 Å². The number of fused-ring (bicyclic) bond motifs is 1. The van der Waals surface area contributed by atoms with Gasteiger partial charge >= 0.3 is 6.18 Å². The number of nitrogens with zero attached hydrogens (tertiary/aromatic N) is 8. The smallest absolute Gasteiger partial charge is 0.434 e. The van der Waals surface area contributed by atoms with Gasteiger partial charge in [-0.3, -0.25) is 0 Å². The molecule has 0 N–H and O–H groups in total. The maximum atomic E-state index is 13.2. The first-order chi connectivity index (χ1) is 19.2. The fraction of sp³-hybridized carbons (Fsp3) is 0.308. The van der Waals surface area contributed by atoms with E-state index in [2.05, 4.69) is 25.0 Å². The Balaban J connectivity index is 1.31. The third kappa shape index (κ3) is 4.96. The Morgan fingerprint density at radius 2 is 1.80 bits per heavy atom. The van der Waals surface area contributed by atoms with Crippen molar-refractivity contribution < 1.29 is 26.7 Å². The van der Waals surface area contributed by atoms with Crippen LogP contribution >= 0.6 is 0 Å². The highest BCUT2D eigenvalue weighted by molar-refractivity contribution is 5.77. The number of hydrogen-bond acceptors (Lipinski definition) is 7. The van der Waals surface area contributed by atoms with Crippen molar-refractivity contribution in [3.05, 3.63) is 66.1 Å². The van der Waals surface area contributed by atoms with Crippen LogP contribution in [0.25, 0.3) is 33.8 Å². The molecule has 1 aliphatic carbocycles. The molecule has 1 fully saturated rings. The number of ether oxygens (including phenoxy) is 1. The quantitative estimate of drug-likeness (QED) is 0.237. The van der Waals surface area contributed by atoms with Gasteiger partial charge in [-0.2, -0.15) is 18.3 Å². The van der Waals surface area contributed by atoms with E-state index >= 15 is 0 Å². The molecule has 5 aromatic rings. The molecule has 0 atom stereocenters. The number of alkyl halides is 5. The molecule has 0 bridgehead atoms. The number of halogens is 5. The molecule has 4 aromatic heterocycles. The summed E-state index contributed by atoms with van der Waals surface area (Å²) >= 11 is 0. The van der Waals surface area contributed by atoms with Crippen LogP contribution in [0.5, 0.6) is 5.88 Å². The van der Waals surface area contributed by atoms with Crippen LogP contribution in [0.4, 0.5) is 22.0 Å². The molecule has 0 unspecified atom stereocenters. The van der Waals surface area contributed by atoms with E-state index in [-0.39, 0.29) is 17.9 Å². The van der Waals surface area contributed by atoms with Crippen LogP contribution in [0.15, 0.2) is 49.2 Å². The van der Waals surface area contributed by atoms with Crippen LogP contribution < -0.4 is 4.74 Å². The van der Waals surface area contributed by atoms with E-state index in [0.29, 0.717) is 40.4 Å². The van der Waals surface area contributed by atoms with Gasteiger partial charge in [-0.05, 0) is 18.4 Å². The largest absolute Gasteiger partial charge is 0.480 e. The number of imidazole rings is 1. The zero-order chi connectivity index (χ0) is 28.0. The minimum absolute atomic E-state index is 0.188. The monoisotopic (exact) mass is 556 g/mol. The van der Waals surface area contributed by atoms with Crippen molar-refractivity contribution in [2.24, 2.45) is 0 Å². The van der Waals surface area contributed by atoms with Gasteiger partial charge in [0, 0.05) is 23.9 Å². The van der Waals surface area contributed by atoms with E-state index < -0.39 is 24.8 Å². The molecule has 0 amide bonds. The average Bonchev–Trinajstić information content (AvgIpc) is 3.58. The van der Waals surface area contributed by atoms with Crippen LogP contribution in [0.2, 0.25) is 0 Å². The van der Waals surface area contributed by atoms with Gasteiger partial charge in [0.15, 0.2) is 17.2 Å². The highest BCUT2D eigenvalue weighted by Gasteiger charge is 2.35. The normalized spacial score (nSPS) is 13.9. The number of benzene rings is 1. The lowest BCUT2D eigenvalue weighted by Crippen LogP contribution is -2.08. The Morgan fingerprint density at radius 3 is 2.48 bits per heavy atom. The second-order valence-electron chi connectivity index (χ2n) is 9.38. The molecule has 206 valence electrons.